The van der Waals surface area contributed by atoms with E-state index in [4.69, 9.17) is 9.47 Å². The lowest BCUT2D eigenvalue weighted by molar-refractivity contribution is -0.129. The fraction of sp³-hybridized carbons (Fsp3) is 0.556. The van der Waals surface area contributed by atoms with Crippen LogP contribution >= 0.6 is 0 Å². The van der Waals surface area contributed by atoms with Crippen LogP contribution in [0.4, 0.5) is 5.69 Å². The van der Waals surface area contributed by atoms with Gasteiger partial charge < -0.3 is 25.4 Å². The highest BCUT2D eigenvalue weighted by Crippen LogP contribution is 2.32. The molecular formula is C18H23N3O4. The molecule has 3 atom stereocenters. The zero-order valence-electron chi connectivity index (χ0n) is 14.0. The maximum atomic E-state index is 12.4. The minimum atomic E-state index is -0.475. The number of anilines is 1. The van der Waals surface area contributed by atoms with Crippen molar-refractivity contribution < 1.29 is 19.1 Å². The van der Waals surface area contributed by atoms with Gasteiger partial charge in [-0.2, -0.15) is 0 Å². The van der Waals surface area contributed by atoms with E-state index in [2.05, 4.69) is 16.0 Å². The summed E-state index contributed by atoms with van der Waals surface area (Å²) in [7, 11) is 0. The molecule has 2 aliphatic heterocycles. The molecule has 134 valence electrons. The lowest BCUT2D eigenvalue weighted by Crippen LogP contribution is -2.65. The smallest absolute Gasteiger partial charge is 0.237 e. The number of nitrogens with one attached hydrogen (secondary N) is 3. The molecule has 0 radical (unpaired) electrons. The van der Waals surface area contributed by atoms with Gasteiger partial charge >= 0.3 is 0 Å². The Morgan fingerprint density at radius 3 is 2.72 bits per heavy atom. The van der Waals surface area contributed by atoms with Gasteiger partial charge in [-0.15, -0.1) is 0 Å². The van der Waals surface area contributed by atoms with Crippen molar-refractivity contribution >= 4 is 17.5 Å². The molecule has 1 aliphatic carbocycles. The Labute approximate surface area is 146 Å². The molecule has 0 spiro atoms. The van der Waals surface area contributed by atoms with Gasteiger partial charge in [0, 0.05) is 23.8 Å². The molecule has 2 heterocycles. The van der Waals surface area contributed by atoms with Crippen molar-refractivity contribution in [2.75, 3.05) is 18.5 Å². The van der Waals surface area contributed by atoms with Crippen molar-refractivity contribution in [3.8, 4) is 11.5 Å². The number of hydrogen-bond acceptors (Lipinski definition) is 5. The Balaban J connectivity index is 1.36. The molecule has 0 aromatic heterocycles. The zero-order valence-corrected chi connectivity index (χ0v) is 14.0. The minimum Gasteiger partial charge on any atom is -0.486 e. The molecule has 3 unspecified atom stereocenters. The van der Waals surface area contributed by atoms with Gasteiger partial charge in [0.25, 0.3) is 0 Å². The van der Waals surface area contributed by atoms with E-state index in [1.165, 1.54) is 6.42 Å². The molecule has 7 heteroatoms. The zero-order chi connectivity index (χ0) is 17.2. The Bertz CT molecular complexity index is 678. The van der Waals surface area contributed by atoms with E-state index in [9.17, 15) is 9.59 Å². The van der Waals surface area contributed by atoms with Crippen molar-refractivity contribution in [1.29, 1.82) is 0 Å². The second kappa shape index (κ2) is 6.92. The number of hydrogen-bond donors (Lipinski definition) is 3. The van der Waals surface area contributed by atoms with Crippen molar-refractivity contribution in [3.05, 3.63) is 18.2 Å². The molecule has 1 aromatic carbocycles. The maximum Gasteiger partial charge on any atom is 0.237 e. The first-order valence-corrected chi connectivity index (χ1v) is 8.95. The van der Waals surface area contributed by atoms with Gasteiger partial charge in [-0.05, 0) is 25.0 Å². The largest absolute Gasteiger partial charge is 0.486 e. The molecule has 4 rings (SSSR count). The summed E-state index contributed by atoms with van der Waals surface area (Å²) in [5, 5.41) is 9.25. The Morgan fingerprint density at radius 2 is 1.88 bits per heavy atom. The lowest BCUT2D eigenvalue weighted by Gasteiger charge is -2.40. The molecular weight excluding hydrogens is 322 g/mol. The molecule has 7 nitrogen and oxygen atoms in total. The van der Waals surface area contributed by atoms with Crippen LogP contribution in [0, 0.1) is 0 Å². The van der Waals surface area contributed by atoms with E-state index in [1.807, 2.05) is 0 Å². The third-order valence-corrected chi connectivity index (χ3v) is 5.04. The molecule has 2 amide bonds. The van der Waals surface area contributed by atoms with Crippen molar-refractivity contribution in [2.45, 2.75) is 50.2 Å². The van der Waals surface area contributed by atoms with Crippen LogP contribution in [0.15, 0.2) is 18.2 Å². The van der Waals surface area contributed by atoms with E-state index in [1.54, 1.807) is 18.2 Å². The maximum absolute atomic E-state index is 12.4. The van der Waals surface area contributed by atoms with Gasteiger partial charge in [0.15, 0.2) is 11.5 Å². The summed E-state index contributed by atoms with van der Waals surface area (Å²) in [5.41, 5.74) is 0.640. The second-order valence-corrected chi connectivity index (χ2v) is 6.84. The number of rotatable bonds is 3. The third-order valence-electron chi connectivity index (χ3n) is 5.04. The van der Waals surface area contributed by atoms with E-state index >= 15 is 0 Å². The van der Waals surface area contributed by atoms with Gasteiger partial charge in [-0.1, -0.05) is 12.8 Å². The van der Waals surface area contributed by atoms with Crippen LogP contribution in [0.1, 0.15) is 32.1 Å². The third kappa shape index (κ3) is 3.56. The van der Waals surface area contributed by atoms with E-state index < -0.39 is 6.04 Å². The topological polar surface area (TPSA) is 88.7 Å². The Kier molecular flexibility index (Phi) is 4.48. The summed E-state index contributed by atoms with van der Waals surface area (Å²) in [6.45, 7) is 1.03. The Hall–Kier alpha value is -2.28. The molecule has 3 aliphatic rings. The SMILES string of the molecule is O=C(CC1NC2CCCCC2NC1=O)Nc1ccc2c(c1)OCCO2. The molecule has 1 saturated carbocycles. The van der Waals surface area contributed by atoms with Crippen LogP contribution < -0.4 is 25.4 Å². The molecule has 0 bridgehead atoms. The van der Waals surface area contributed by atoms with Crippen LogP contribution in [0.25, 0.3) is 0 Å². The van der Waals surface area contributed by atoms with Crippen LogP contribution in [0.5, 0.6) is 11.5 Å². The van der Waals surface area contributed by atoms with E-state index in [-0.39, 0.29) is 30.3 Å². The number of ether oxygens (including phenoxy) is 2. The highest BCUT2D eigenvalue weighted by atomic mass is 16.6. The van der Waals surface area contributed by atoms with Crippen LogP contribution in [-0.2, 0) is 9.59 Å². The monoisotopic (exact) mass is 345 g/mol. The number of benzene rings is 1. The number of fused-ring (bicyclic) bond motifs is 2. The number of piperazine rings is 1. The number of amides is 2. The van der Waals surface area contributed by atoms with Gasteiger partial charge in [0.05, 0.1) is 12.5 Å². The van der Waals surface area contributed by atoms with Gasteiger partial charge in [-0.25, -0.2) is 0 Å². The fourth-order valence-electron chi connectivity index (χ4n) is 3.79. The summed E-state index contributed by atoms with van der Waals surface area (Å²) in [5.74, 6) is 1.03. The molecule has 25 heavy (non-hydrogen) atoms. The first-order chi connectivity index (χ1) is 12.2. The van der Waals surface area contributed by atoms with Crippen LogP contribution in [0.2, 0.25) is 0 Å². The summed E-state index contributed by atoms with van der Waals surface area (Å²) >= 11 is 0. The van der Waals surface area contributed by atoms with Crippen LogP contribution in [0.3, 0.4) is 0 Å². The molecule has 2 fully saturated rings. The minimum absolute atomic E-state index is 0.0829. The highest BCUT2D eigenvalue weighted by Gasteiger charge is 2.36. The highest BCUT2D eigenvalue weighted by molar-refractivity contribution is 5.96. The first-order valence-electron chi connectivity index (χ1n) is 8.95. The van der Waals surface area contributed by atoms with Gasteiger partial charge in [0.2, 0.25) is 11.8 Å². The summed E-state index contributed by atoms with van der Waals surface area (Å²) in [4.78, 5) is 24.6. The Morgan fingerprint density at radius 1 is 1.12 bits per heavy atom. The summed E-state index contributed by atoms with van der Waals surface area (Å²) < 4.78 is 11.0. The average Bonchev–Trinajstić information content (AvgIpc) is 2.62. The van der Waals surface area contributed by atoms with Gasteiger partial charge in [0.1, 0.15) is 13.2 Å². The number of carbonyl (C=O) groups is 2. The summed E-state index contributed by atoms with van der Waals surface area (Å²) in [6.07, 6.45) is 4.49. The quantitative estimate of drug-likeness (QED) is 0.766. The average molecular weight is 345 g/mol. The molecule has 3 N–H and O–H groups in total. The lowest BCUT2D eigenvalue weighted by atomic mass is 9.87. The normalized spacial score (nSPS) is 27.8. The van der Waals surface area contributed by atoms with E-state index in [0.717, 1.165) is 19.3 Å². The predicted octanol–water partition coefficient (Wildman–Crippen LogP) is 1.19. The van der Waals surface area contributed by atoms with Crippen LogP contribution in [-0.4, -0.2) is 43.2 Å². The van der Waals surface area contributed by atoms with Crippen molar-refractivity contribution in [1.82, 2.24) is 10.6 Å². The first kappa shape index (κ1) is 16.2. The van der Waals surface area contributed by atoms with Gasteiger partial charge in [-0.3, -0.25) is 9.59 Å². The molecule has 1 saturated heterocycles. The van der Waals surface area contributed by atoms with E-state index in [0.29, 0.717) is 30.4 Å². The number of carbonyl (C=O) groups excluding carboxylic acids is 2. The van der Waals surface area contributed by atoms with Crippen molar-refractivity contribution in [2.24, 2.45) is 0 Å². The fourth-order valence-corrected chi connectivity index (χ4v) is 3.79. The van der Waals surface area contributed by atoms with Crippen molar-refractivity contribution in [3.63, 3.8) is 0 Å². The summed E-state index contributed by atoms with van der Waals surface area (Å²) in [6, 6.07) is 5.31. The molecule has 1 aromatic rings. The standard InChI is InChI=1S/C18H23N3O4/c22-17(19-11-5-6-15-16(9-11)25-8-7-24-15)10-14-18(23)21-13-4-2-1-3-12(13)20-14/h5-6,9,12-14,20H,1-4,7-8,10H2,(H,19,22)(H,21,23). The predicted molar refractivity (Wildman–Crippen MR) is 91.8 cm³/mol. The second-order valence-electron chi connectivity index (χ2n) is 6.84.